The number of carbonyl (C=O) groups is 3. The Bertz CT molecular complexity index is 3870. The molecular weight excluding hydrogens is 997 g/mol. The van der Waals surface area contributed by atoms with E-state index >= 15 is 0 Å². The number of carbonyl (C=O) groups excluding carboxylic acids is 3. The van der Waals surface area contributed by atoms with E-state index in [-0.39, 0.29) is 17.3 Å². The largest absolute Gasteiger partial charge is 0.289 e. The predicted octanol–water partition coefficient (Wildman–Crippen LogP) is 19.2. The maximum Gasteiger partial charge on any atom is 0.189 e. The van der Waals surface area contributed by atoms with Crippen LogP contribution in [0, 0.1) is 69.2 Å². The quantitative estimate of drug-likeness (QED) is 0.156. The van der Waals surface area contributed by atoms with E-state index in [2.05, 4.69) is 213 Å². The lowest BCUT2D eigenvalue weighted by Crippen LogP contribution is -2.15. The van der Waals surface area contributed by atoms with Gasteiger partial charge in [0.15, 0.2) is 17.3 Å². The van der Waals surface area contributed by atoms with Gasteiger partial charge in [-0.15, -0.1) is 34.0 Å². The number of thiophene rings is 3. The van der Waals surface area contributed by atoms with Gasteiger partial charge in [0.25, 0.3) is 0 Å². The summed E-state index contributed by atoms with van der Waals surface area (Å²) in [5, 5.41) is 6.29. The van der Waals surface area contributed by atoms with Gasteiger partial charge in [-0.1, -0.05) is 72.8 Å². The molecule has 384 valence electrons. The van der Waals surface area contributed by atoms with Gasteiger partial charge < -0.3 is 0 Å². The molecule has 3 aliphatic rings. The smallest absolute Gasteiger partial charge is 0.189 e. The van der Waals surface area contributed by atoms with Crippen LogP contribution in [0.15, 0.2) is 154 Å². The standard InChI is InChI=1S/C25H24OS.2C23H20OS/c1-15-11-20-7-8-21(25(26)23(20)12-16(15)2)13-19-10-17(3)18(4)22(14-19)24-6-5-9-27-24;1-14-9-17(10-15(2)16(14)3)11-20-13-19-12-18(22-5-4-8-25-22)6-7-21(19)23(20)24;1-14-6-7-17(22-5-4-8-25-22)11-18(14)12-20-13-19-9-15(2)16(3)10-21(19)23(20)24/h5-6,9-14H,7-8H2,1-4H3;2*4-12H,13H2,1-3H3. The van der Waals surface area contributed by atoms with Crippen LogP contribution in [0.25, 0.3) is 49.5 Å². The molecule has 0 bridgehead atoms. The maximum absolute atomic E-state index is 13.1. The van der Waals surface area contributed by atoms with Crippen molar-refractivity contribution in [3.05, 3.63) is 260 Å². The van der Waals surface area contributed by atoms with Crippen molar-refractivity contribution in [3.63, 3.8) is 0 Å². The molecule has 9 aromatic rings. The van der Waals surface area contributed by atoms with Crippen molar-refractivity contribution in [2.24, 2.45) is 0 Å². The van der Waals surface area contributed by atoms with Gasteiger partial charge in [0.2, 0.25) is 0 Å². The Labute approximate surface area is 467 Å². The second kappa shape index (κ2) is 22.3. The van der Waals surface area contributed by atoms with E-state index < -0.39 is 0 Å². The minimum Gasteiger partial charge on any atom is -0.289 e. The molecule has 0 amide bonds. The van der Waals surface area contributed by atoms with Gasteiger partial charge >= 0.3 is 0 Å². The van der Waals surface area contributed by atoms with Gasteiger partial charge in [-0.3, -0.25) is 14.4 Å². The number of aryl methyl sites for hydroxylation is 9. The summed E-state index contributed by atoms with van der Waals surface area (Å²) >= 11 is 5.23. The number of hydrogen-bond donors (Lipinski definition) is 0. The first-order chi connectivity index (χ1) is 37.0. The third-order valence-corrected chi connectivity index (χ3v) is 18.6. The summed E-state index contributed by atoms with van der Waals surface area (Å²) in [6.07, 6.45) is 9.46. The average molecular weight is 1060 g/mol. The molecule has 0 spiro atoms. The van der Waals surface area contributed by atoms with Crippen molar-refractivity contribution in [2.75, 3.05) is 0 Å². The molecule has 0 fully saturated rings. The SMILES string of the molecule is Cc1cc(C=C2Cc3cc(-c4cccs4)ccc3C2=O)cc(C)c1C.Cc1cc2c(cc1C)C(=O)C(=Cc1cc(-c3cccs3)ccc1C)C2.Cc1cc2c(cc1C)C(=O)C(=Cc1cc(C)c(C)c(-c3cccs3)c1)CC2. The van der Waals surface area contributed by atoms with Gasteiger partial charge in [0, 0.05) is 60.9 Å². The van der Waals surface area contributed by atoms with Gasteiger partial charge in [-0.2, -0.15) is 0 Å². The summed E-state index contributed by atoms with van der Waals surface area (Å²) < 4.78 is 0. The van der Waals surface area contributed by atoms with Gasteiger partial charge in [-0.05, 0) is 271 Å². The highest BCUT2D eigenvalue weighted by Crippen LogP contribution is 2.37. The minimum absolute atomic E-state index is 0.170. The molecule has 3 heterocycles. The molecular formula is C71H64O3S3. The van der Waals surface area contributed by atoms with Crippen LogP contribution in [0.5, 0.6) is 0 Å². The van der Waals surface area contributed by atoms with E-state index in [1.165, 1.54) is 92.5 Å². The van der Waals surface area contributed by atoms with Crippen molar-refractivity contribution in [1.82, 2.24) is 0 Å². The van der Waals surface area contributed by atoms with Crippen LogP contribution < -0.4 is 0 Å². The highest BCUT2D eigenvalue weighted by Gasteiger charge is 2.27. The second-order valence-electron chi connectivity index (χ2n) is 21.2. The molecule has 0 unspecified atom stereocenters. The van der Waals surface area contributed by atoms with Crippen LogP contribution >= 0.6 is 34.0 Å². The molecule has 3 nitrogen and oxygen atoms in total. The van der Waals surface area contributed by atoms with Crippen molar-refractivity contribution >= 4 is 69.6 Å². The molecule has 0 saturated carbocycles. The predicted molar refractivity (Wildman–Crippen MR) is 329 cm³/mol. The normalized spacial score (nSPS) is 15.1. The number of fused-ring (bicyclic) bond motifs is 3. The number of benzene rings is 6. The van der Waals surface area contributed by atoms with Crippen LogP contribution in [-0.4, -0.2) is 17.3 Å². The summed E-state index contributed by atoms with van der Waals surface area (Å²) in [7, 11) is 0. The summed E-state index contributed by atoms with van der Waals surface area (Å²) in [5.74, 6) is 0.540. The fraction of sp³-hybridized carbons (Fsp3) is 0.197. The van der Waals surface area contributed by atoms with E-state index in [9.17, 15) is 14.4 Å². The Morgan fingerprint density at radius 2 is 0.818 bits per heavy atom. The Morgan fingerprint density at radius 1 is 0.351 bits per heavy atom. The molecule has 3 aromatic heterocycles. The molecule has 0 aliphatic heterocycles. The van der Waals surface area contributed by atoms with Crippen molar-refractivity contribution in [2.45, 2.75) is 94.9 Å². The number of ketones is 3. The third kappa shape index (κ3) is 11.2. The third-order valence-electron chi connectivity index (χ3n) is 15.9. The van der Waals surface area contributed by atoms with Crippen LogP contribution in [0.2, 0.25) is 0 Å². The lowest BCUT2D eigenvalue weighted by Gasteiger charge is -2.19. The first kappa shape index (κ1) is 53.1. The monoisotopic (exact) mass is 1060 g/mol. The lowest BCUT2D eigenvalue weighted by molar-refractivity contribution is 0.102. The molecule has 6 heteroatoms. The summed E-state index contributed by atoms with van der Waals surface area (Å²) in [6.45, 7) is 21.2. The number of hydrogen-bond acceptors (Lipinski definition) is 6. The molecule has 0 radical (unpaired) electrons. The van der Waals surface area contributed by atoms with Crippen molar-refractivity contribution < 1.29 is 14.4 Å². The van der Waals surface area contributed by atoms with Gasteiger partial charge in [0.1, 0.15) is 0 Å². The molecule has 77 heavy (non-hydrogen) atoms. The molecule has 12 rings (SSSR count). The average Bonchev–Trinajstić information content (AvgIpc) is 4.29. The molecule has 0 saturated heterocycles. The summed E-state index contributed by atoms with van der Waals surface area (Å²) in [4.78, 5) is 42.5. The van der Waals surface area contributed by atoms with Crippen molar-refractivity contribution in [1.29, 1.82) is 0 Å². The highest BCUT2D eigenvalue weighted by atomic mass is 32.1. The minimum atomic E-state index is 0.170. The Kier molecular flexibility index (Phi) is 15.4. The van der Waals surface area contributed by atoms with E-state index in [1.54, 1.807) is 34.0 Å². The van der Waals surface area contributed by atoms with Gasteiger partial charge in [0.05, 0.1) is 0 Å². The van der Waals surface area contributed by atoms with E-state index in [4.69, 9.17) is 0 Å². The first-order valence-electron chi connectivity index (χ1n) is 26.5. The molecule has 6 aromatic carbocycles. The Morgan fingerprint density at radius 3 is 1.43 bits per heavy atom. The van der Waals surface area contributed by atoms with Crippen LogP contribution in [-0.2, 0) is 19.3 Å². The zero-order valence-electron chi connectivity index (χ0n) is 45.8. The number of Topliss-reactive ketones (excluding diaryl/α,β-unsaturated/α-hetero) is 3. The number of rotatable bonds is 6. The fourth-order valence-electron chi connectivity index (χ4n) is 10.7. The Hall–Kier alpha value is -7.35. The molecule has 0 atom stereocenters. The van der Waals surface area contributed by atoms with Crippen LogP contribution in [0.3, 0.4) is 0 Å². The fourth-order valence-corrected chi connectivity index (χ4v) is 13.0. The topological polar surface area (TPSA) is 51.2 Å². The summed E-state index contributed by atoms with van der Waals surface area (Å²) in [5.41, 5.74) is 28.4. The van der Waals surface area contributed by atoms with Gasteiger partial charge in [-0.25, -0.2) is 0 Å². The first-order valence-corrected chi connectivity index (χ1v) is 29.1. The molecule has 3 aliphatic carbocycles. The number of allylic oxidation sites excluding steroid dienone is 3. The zero-order chi connectivity index (χ0) is 54.2. The van der Waals surface area contributed by atoms with E-state index in [1.807, 2.05) is 12.1 Å². The van der Waals surface area contributed by atoms with E-state index in [0.717, 1.165) is 86.9 Å². The molecule has 0 N–H and O–H groups in total. The Balaban J connectivity index is 0.000000131. The van der Waals surface area contributed by atoms with Crippen molar-refractivity contribution in [3.8, 4) is 31.3 Å². The summed E-state index contributed by atoms with van der Waals surface area (Å²) in [6, 6.07) is 42.6. The second-order valence-corrected chi connectivity index (χ2v) is 24.0. The lowest BCUT2D eigenvalue weighted by atomic mass is 9.83. The zero-order valence-corrected chi connectivity index (χ0v) is 48.2. The van der Waals surface area contributed by atoms with E-state index in [0.29, 0.717) is 0 Å². The maximum atomic E-state index is 13.1. The van der Waals surface area contributed by atoms with Crippen LogP contribution in [0.4, 0.5) is 0 Å². The highest BCUT2D eigenvalue weighted by molar-refractivity contribution is 7.14. The van der Waals surface area contributed by atoms with Crippen LogP contribution in [0.1, 0.15) is 127 Å².